The number of carbonyl (C=O) groups excluding carboxylic acids is 1. The molecule has 1 amide bonds. The second-order valence-corrected chi connectivity index (χ2v) is 4.69. The van der Waals surface area contributed by atoms with E-state index >= 15 is 0 Å². The van der Waals surface area contributed by atoms with Gasteiger partial charge in [0.1, 0.15) is 0 Å². The molecule has 1 aromatic carbocycles. The van der Waals surface area contributed by atoms with Crippen LogP contribution in [-0.4, -0.2) is 32.1 Å². The summed E-state index contributed by atoms with van der Waals surface area (Å²) >= 11 is 0. The molecule has 1 aromatic rings. The Morgan fingerprint density at radius 3 is 3.11 bits per heavy atom. The molecule has 19 heavy (non-hydrogen) atoms. The fourth-order valence-corrected chi connectivity index (χ4v) is 2.27. The molecule has 2 N–H and O–H groups in total. The molecule has 0 aliphatic carbocycles. The molecule has 0 aromatic heterocycles. The van der Waals surface area contributed by atoms with Crippen LogP contribution in [-0.2, 0) is 0 Å². The molecule has 0 radical (unpaired) electrons. The van der Waals surface area contributed by atoms with Crippen LogP contribution in [0.15, 0.2) is 18.2 Å². The fraction of sp³-hybridized carbons (Fsp3) is 0.500. The van der Waals surface area contributed by atoms with E-state index in [-0.39, 0.29) is 11.7 Å². The first-order valence-corrected chi connectivity index (χ1v) is 6.56. The maximum absolute atomic E-state index is 13.2. The lowest BCUT2D eigenvalue weighted by molar-refractivity contribution is 0.0952. The summed E-state index contributed by atoms with van der Waals surface area (Å²) in [4.78, 5) is 11.9. The third-order valence-electron chi connectivity index (χ3n) is 3.35. The van der Waals surface area contributed by atoms with Crippen LogP contribution in [0.4, 0.5) is 4.39 Å². The van der Waals surface area contributed by atoms with Gasteiger partial charge in [-0.05, 0) is 44.0 Å². The van der Waals surface area contributed by atoms with Crippen LogP contribution in [0, 0.1) is 5.82 Å². The number of rotatable bonds is 5. The van der Waals surface area contributed by atoms with E-state index < -0.39 is 5.82 Å². The van der Waals surface area contributed by atoms with Crippen LogP contribution < -0.4 is 15.4 Å². The predicted octanol–water partition coefficient (Wildman–Crippen LogP) is 1.71. The lowest BCUT2D eigenvalue weighted by Gasteiger charge is -2.11. The van der Waals surface area contributed by atoms with Gasteiger partial charge < -0.3 is 15.4 Å². The molecular weight excluding hydrogens is 247 g/mol. The Bertz CT molecular complexity index is 445. The van der Waals surface area contributed by atoms with Gasteiger partial charge in [-0.2, -0.15) is 0 Å². The lowest BCUT2D eigenvalue weighted by Crippen LogP contribution is -2.30. The highest BCUT2D eigenvalue weighted by atomic mass is 19.1. The molecule has 0 unspecified atom stereocenters. The molecule has 0 bridgehead atoms. The topological polar surface area (TPSA) is 50.4 Å². The molecule has 4 nitrogen and oxygen atoms in total. The number of amides is 1. The van der Waals surface area contributed by atoms with E-state index in [1.54, 1.807) is 0 Å². The number of hydrogen-bond acceptors (Lipinski definition) is 3. The fourth-order valence-electron chi connectivity index (χ4n) is 2.27. The first kappa shape index (κ1) is 13.8. The summed E-state index contributed by atoms with van der Waals surface area (Å²) in [5.74, 6) is -0.574. The number of hydrogen-bond donors (Lipinski definition) is 2. The maximum atomic E-state index is 13.2. The van der Waals surface area contributed by atoms with Crippen molar-refractivity contribution in [2.24, 2.45) is 0 Å². The number of ether oxygens (including phenoxy) is 1. The summed E-state index contributed by atoms with van der Waals surface area (Å²) in [6.07, 6.45) is 3.29. The van der Waals surface area contributed by atoms with Gasteiger partial charge in [-0.25, -0.2) is 4.39 Å². The van der Waals surface area contributed by atoms with Gasteiger partial charge in [0.2, 0.25) is 0 Å². The smallest absolute Gasteiger partial charge is 0.251 e. The van der Waals surface area contributed by atoms with Crippen LogP contribution in [0.1, 0.15) is 29.6 Å². The minimum Gasteiger partial charge on any atom is -0.494 e. The highest BCUT2D eigenvalue weighted by Gasteiger charge is 2.14. The van der Waals surface area contributed by atoms with Crippen molar-refractivity contribution in [1.29, 1.82) is 0 Å². The van der Waals surface area contributed by atoms with Gasteiger partial charge in [0, 0.05) is 18.2 Å². The number of benzene rings is 1. The zero-order valence-electron chi connectivity index (χ0n) is 11.0. The van der Waals surface area contributed by atoms with Crippen molar-refractivity contribution in [1.82, 2.24) is 10.6 Å². The molecule has 1 saturated heterocycles. The monoisotopic (exact) mass is 266 g/mol. The largest absolute Gasteiger partial charge is 0.494 e. The minimum absolute atomic E-state index is 0.0881. The van der Waals surface area contributed by atoms with E-state index in [0.29, 0.717) is 18.2 Å². The van der Waals surface area contributed by atoms with Crippen LogP contribution in [0.5, 0.6) is 5.75 Å². The van der Waals surface area contributed by atoms with Crippen molar-refractivity contribution in [2.45, 2.75) is 25.3 Å². The van der Waals surface area contributed by atoms with Gasteiger partial charge in [0.25, 0.3) is 5.91 Å². The zero-order valence-corrected chi connectivity index (χ0v) is 11.0. The predicted molar refractivity (Wildman–Crippen MR) is 70.9 cm³/mol. The van der Waals surface area contributed by atoms with Gasteiger partial charge in [0.15, 0.2) is 11.6 Å². The van der Waals surface area contributed by atoms with Gasteiger partial charge in [-0.15, -0.1) is 0 Å². The van der Waals surface area contributed by atoms with E-state index in [1.165, 1.54) is 38.2 Å². The van der Waals surface area contributed by atoms with E-state index in [2.05, 4.69) is 10.6 Å². The molecule has 1 fully saturated rings. The molecule has 0 spiro atoms. The van der Waals surface area contributed by atoms with Crippen molar-refractivity contribution in [3.63, 3.8) is 0 Å². The standard InChI is InChI=1S/C14H19FN2O2/c1-19-13-9-10(4-5-12(13)15)14(18)17-8-6-11-3-2-7-16-11/h4-5,9,11,16H,2-3,6-8H2,1H3,(H,17,18)/t11-/m1/s1. The number of carbonyl (C=O) groups is 1. The van der Waals surface area contributed by atoms with Gasteiger partial charge >= 0.3 is 0 Å². The van der Waals surface area contributed by atoms with Crippen molar-refractivity contribution < 1.29 is 13.9 Å². The summed E-state index contributed by atoms with van der Waals surface area (Å²) in [6, 6.07) is 4.62. The average Bonchev–Trinajstić information content (AvgIpc) is 2.92. The maximum Gasteiger partial charge on any atom is 0.251 e. The third-order valence-corrected chi connectivity index (χ3v) is 3.35. The van der Waals surface area contributed by atoms with Crippen molar-refractivity contribution >= 4 is 5.91 Å². The first-order chi connectivity index (χ1) is 9.20. The van der Waals surface area contributed by atoms with E-state index in [1.807, 2.05) is 0 Å². The molecule has 1 aliphatic rings. The Morgan fingerprint density at radius 2 is 2.42 bits per heavy atom. The molecule has 0 saturated carbocycles. The SMILES string of the molecule is COc1cc(C(=O)NCC[C@H]2CCCN2)ccc1F. The highest BCUT2D eigenvalue weighted by Crippen LogP contribution is 2.18. The Labute approximate surface area is 112 Å². The number of halogens is 1. The molecule has 104 valence electrons. The van der Waals surface area contributed by atoms with Crippen molar-refractivity contribution in [3.8, 4) is 5.75 Å². The van der Waals surface area contributed by atoms with Gasteiger partial charge in [0.05, 0.1) is 7.11 Å². The normalized spacial score (nSPS) is 18.3. The Balaban J connectivity index is 1.85. The molecule has 5 heteroatoms. The van der Waals surface area contributed by atoms with E-state index in [0.717, 1.165) is 13.0 Å². The molecule has 1 heterocycles. The molecular formula is C14H19FN2O2. The van der Waals surface area contributed by atoms with Gasteiger partial charge in [-0.1, -0.05) is 0 Å². The summed E-state index contributed by atoms with van der Waals surface area (Å²) in [6.45, 7) is 1.68. The second-order valence-electron chi connectivity index (χ2n) is 4.69. The third kappa shape index (κ3) is 3.67. The Morgan fingerprint density at radius 1 is 1.58 bits per heavy atom. The Kier molecular flexibility index (Phi) is 4.74. The zero-order chi connectivity index (χ0) is 13.7. The molecule has 1 atom stereocenters. The van der Waals surface area contributed by atoms with E-state index in [4.69, 9.17) is 4.74 Å². The lowest BCUT2D eigenvalue weighted by atomic mass is 10.1. The second kappa shape index (κ2) is 6.52. The summed E-state index contributed by atoms with van der Waals surface area (Å²) in [5.41, 5.74) is 0.414. The average molecular weight is 266 g/mol. The van der Waals surface area contributed by atoms with Gasteiger partial charge in [-0.3, -0.25) is 4.79 Å². The van der Waals surface area contributed by atoms with E-state index in [9.17, 15) is 9.18 Å². The molecule has 1 aliphatic heterocycles. The Hall–Kier alpha value is -1.62. The minimum atomic E-state index is -0.464. The van der Waals surface area contributed by atoms with Crippen LogP contribution in [0.2, 0.25) is 0 Å². The summed E-state index contributed by atoms with van der Waals surface area (Å²) < 4.78 is 18.1. The molecule has 2 rings (SSSR count). The van der Waals surface area contributed by atoms with Crippen LogP contribution in [0.25, 0.3) is 0 Å². The van der Waals surface area contributed by atoms with Crippen LogP contribution >= 0.6 is 0 Å². The summed E-state index contributed by atoms with van der Waals surface area (Å²) in [5, 5.41) is 6.21. The first-order valence-electron chi connectivity index (χ1n) is 6.56. The van der Waals surface area contributed by atoms with Crippen molar-refractivity contribution in [2.75, 3.05) is 20.2 Å². The van der Waals surface area contributed by atoms with Crippen LogP contribution in [0.3, 0.4) is 0 Å². The highest BCUT2D eigenvalue weighted by molar-refractivity contribution is 5.94. The number of nitrogens with one attached hydrogen (secondary N) is 2. The van der Waals surface area contributed by atoms with Crippen molar-refractivity contribution in [3.05, 3.63) is 29.6 Å². The quantitative estimate of drug-likeness (QED) is 0.853. The number of methoxy groups -OCH3 is 1. The summed E-state index contributed by atoms with van der Waals surface area (Å²) in [7, 11) is 1.38.